The molecule has 0 spiro atoms. The maximum Gasteiger partial charge on any atom is 0.150 e. The second kappa shape index (κ2) is 4.51. The molecule has 0 unspecified atom stereocenters. The highest BCUT2D eigenvalue weighted by atomic mass is 16.5. The SMILES string of the molecule is Cc1noc(CN=[N+]=[N-])c1-c1[c]cccc1. The van der Waals surface area contributed by atoms with Crippen molar-refractivity contribution in [3.63, 3.8) is 0 Å². The van der Waals surface area contributed by atoms with E-state index >= 15 is 0 Å². The topological polar surface area (TPSA) is 74.8 Å². The van der Waals surface area contributed by atoms with Crippen LogP contribution in [0.15, 0.2) is 33.9 Å². The molecule has 0 aliphatic rings. The van der Waals surface area contributed by atoms with Crippen LogP contribution in [-0.2, 0) is 6.54 Å². The fraction of sp³-hybridized carbons (Fsp3) is 0.182. The summed E-state index contributed by atoms with van der Waals surface area (Å²) >= 11 is 0. The maximum atomic E-state index is 8.28. The Balaban J connectivity index is 2.47. The van der Waals surface area contributed by atoms with Crippen molar-refractivity contribution in [2.75, 3.05) is 0 Å². The highest BCUT2D eigenvalue weighted by Gasteiger charge is 2.13. The predicted octanol–water partition coefficient (Wildman–Crippen LogP) is 3.26. The van der Waals surface area contributed by atoms with Gasteiger partial charge in [0, 0.05) is 10.5 Å². The number of azide groups is 1. The first-order valence-corrected chi connectivity index (χ1v) is 4.76. The van der Waals surface area contributed by atoms with Crippen LogP contribution in [0.25, 0.3) is 21.6 Å². The first-order chi connectivity index (χ1) is 7.83. The standard InChI is InChI=1S/C11H9N4O/c1-8-11(9-5-3-2-4-6-9)10(16-14-8)7-13-15-12/h2-5H,7H2,1H3. The van der Waals surface area contributed by atoms with E-state index in [4.69, 9.17) is 10.1 Å². The minimum Gasteiger partial charge on any atom is -0.360 e. The van der Waals surface area contributed by atoms with Gasteiger partial charge in [0.05, 0.1) is 12.2 Å². The lowest BCUT2D eigenvalue weighted by atomic mass is 10.0. The molecule has 0 atom stereocenters. The van der Waals surface area contributed by atoms with Gasteiger partial charge in [-0.1, -0.05) is 34.5 Å². The third-order valence-corrected chi connectivity index (χ3v) is 2.19. The Labute approximate surface area is 92.3 Å². The Morgan fingerprint density at radius 3 is 3.12 bits per heavy atom. The Kier molecular flexibility index (Phi) is 2.89. The molecule has 1 aromatic carbocycles. The smallest absolute Gasteiger partial charge is 0.150 e. The highest BCUT2D eigenvalue weighted by molar-refractivity contribution is 5.66. The van der Waals surface area contributed by atoms with Crippen LogP contribution in [0.3, 0.4) is 0 Å². The van der Waals surface area contributed by atoms with Crippen LogP contribution in [0.1, 0.15) is 11.5 Å². The zero-order valence-electron chi connectivity index (χ0n) is 8.71. The van der Waals surface area contributed by atoms with Crippen molar-refractivity contribution in [1.82, 2.24) is 5.16 Å². The van der Waals surface area contributed by atoms with Crippen molar-refractivity contribution in [2.24, 2.45) is 5.11 Å². The molecule has 16 heavy (non-hydrogen) atoms. The van der Waals surface area contributed by atoms with E-state index in [0.717, 1.165) is 16.8 Å². The van der Waals surface area contributed by atoms with E-state index in [-0.39, 0.29) is 6.54 Å². The molecular weight excluding hydrogens is 204 g/mol. The van der Waals surface area contributed by atoms with E-state index in [1.165, 1.54) is 0 Å². The lowest BCUT2D eigenvalue weighted by Crippen LogP contribution is -1.84. The molecule has 1 aromatic heterocycles. The molecule has 0 aliphatic carbocycles. The zero-order chi connectivity index (χ0) is 11.4. The van der Waals surface area contributed by atoms with Gasteiger partial charge in [0.15, 0.2) is 5.76 Å². The van der Waals surface area contributed by atoms with Crippen LogP contribution in [0.5, 0.6) is 0 Å². The molecule has 0 bridgehead atoms. The molecule has 79 valence electrons. The van der Waals surface area contributed by atoms with Crippen LogP contribution in [-0.4, -0.2) is 5.16 Å². The number of aryl methyl sites for hydroxylation is 1. The number of hydrogen-bond acceptors (Lipinski definition) is 3. The quantitative estimate of drug-likeness (QED) is 0.445. The Bertz CT molecular complexity index is 526. The summed E-state index contributed by atoms with van der Waals surface area (Å²) < 4.78 is 5.12. The van der Waals surface area contributed by atoms with Gasteiger partial charge in [-0.3, -0.25) is 0 Å². The van der Waals surface area contributed by atoms with Gasteiger partial charge < -0.3 is 4.52 Å². The summed E-state index contributed by atoms with van der Waals surface area (Å²) in [5.74, 6) is 0.567. The lowest BCUT2D eigenvalue weighted by Gasteiger charge is -1.99. The second-order valence-electron chi connectivity index (χ2n) is 3.23. The van der Waals surface area contributed by atoms with Crippen molar-refractivity contribution < 1.29 is 4.52 Å². The molecule has 0 saturated carbocycles. The van der Waals surface area contributed by atoms with Crippen molar-refractivity contribution in [3.05, 3.63) is 52.2 Å². The number of nitrogens with zero attached hydrogens (tertiary/aromatic N) is 4. The van der Waals surface area contributed by atoms with Crippen LogP contribution in [0.2, 0.25) is 0 Å². The van der Waals surface area contributed by atoms with Crippen molar-refractivity contribution in [3.8, 4) is 11.1 Å². The number of rotatable bonds is 3. The van der Waals surface area contributed by atoms with Crippen LogP contribution < -0.4 is 0 Å². The molecule has 5 heteroatoms. The van der Waals surface area contributed by atoms with E-state index < -0.39 is 0 Å². The minimum absolute atomic E-state index is 0.162. The van der Waals surface area contributed by atoms with Crippen LogP contribution >= 0.6 is 0 Å². The predicted molar refractivity (Wildman–Crippen MR) is 58.4 cm³/mol. The summed E-state index contributed by atoms with van der Waals surface area (Å²) in [4.78, 5) is 2.70. The summed E-state index contributed by atoms with van der Waals surface area (Å²) in [6.45, 7) is 2.01. The van der Waals surface area contributed by atoms with Gasteiger partial charge in [-0.2, -0.15) is 0 Å². The molecular formula is C11H9N4O. The van der Waals surface area contributed by atoms with E-state index in [9.17, 15) is 0 Å². The average molecular weight is 213 g/mol. The van der Waals surface area contributed by atoms with E-state index in [0.29, 0.717) is 5.76 Å². The molecule has 1 heterocycles. The van der Waals surface area contributed by atoms with Gasteiger partial charge in [0.1, 0.15) is 0 Å². The third-order valence-electron chi connectivity index (χ3n) is 2.19. The fourth-order valence-corrected chi connectivity index (χ4v) is 1.51. The molecule has 0 amide bonds. The zero-order valence-corrected chi connectivity index (χ0v) is 8.71. The van der Waals surface area contributed by atoms with Gasteiger partial charge in [0.2, 0.25) is 0 Å². The molecule has 0 aliphatic heterocycles. The first-order valence-electron chi connectivity index (χ1n) is 4.76. The van der Waals surface area contributed by atoms with Gasteiger partial charge in [-0.05, 0) is 24.1 Å². The first kappa shape index (κ1) is 10.3. The summed E-state index contributed by atoms with van der Waals surface area (Å²) in [6, 6.07) is 10.6. The minimum atomic E-state index is 0.162. The average Bonchev–Trinajstić information content (AvgIpc) is 2.69. The maximum absolute atomic E-state index is 8.28. The Morgan fingerprint density at radius 2 is 2.44 bits per heavy atom. The number of benzene rings is 1. The van der Waals surface area contributed by atoms with Gasteiger partial charge in [0.25, 0.3) is 0 Å². The van der Waals surface area contributed by atoms with Crippen molar-refractivity contribution in [1.29, 1.82) is 0 Å². The molecule has 1 radical (unpaired) electrons. The largest absolute Gasteiger partial charge is 0.360 e. The second-order valence-corrected chi connectivity index (χ2v) is 3.23. The molecule has 2 aromatic rings. The lowest BCUT2D eigenvalue weighted by molar-refractivity contribution is 0.381. The molecule has 5 nitrogen and oxygen atoms in total. The third kappa shape index (κ3) is 1.89. The summed E-state index contributed by atoms with van der Waals surface area (Å²) in [5.41, 5.74) is 10.8. The monoisotopic (exact) mass is 213 g/mol. The molecule has 2 rings (SSSR count). The van der Waals surface area contributed by atoms with E-state index in [2.05, 4.69) is 21.2 Å². The summed E-state index contributed by atoms with van der Waals surface area (Å²) in [6.07, 6.45) is 0. The van der Waals surface area contributed by atoms with Crippen LogP contribution in [0, 0.1) is 13.0 Å². The Hall–Kier alpha value is -2.26. The Morgan fingerprint density at radius 1 is 1.56 bits per heavy atom. The van der Waals surface area contributed by atoms with E-state index in [1.54, 1.807) is 0 Å². The normalized spacial score (nSPS) is 9.81. The van der Waals surface area contributed by atoms with Crippen molar-refractivity contribution >= 4 is 0 Å². The highest BCUT2D eigenvalue weighted by Crippen LogP contribution is 2.27. The molecule has 0 saturated heterocycles. The molecule has 0 N–H and O–H groups in total. The number of aromatic nitrogens is 1. The fourth-order valence-electron chi connectivity index (χ4n) is 1.51. The summed E-state index contributed by atoms with van der Waals surface area (Å²) in [7, 11) is 0. The van der Waals surface area contributed by atoms with Gasteiger partial charge >= 0.3 is 0 Å². The van der Waals surface area contributed by atoms with Crippen LogP contribution in [0.4, 0.5) is 0 Å². The number of hydrogen-bond donors (Lipinski definition) is 0. The van der Waals surface area contributed by atoms with E-state index in [1.807, 2.05) is 31.2 Å². The molecule has 0 fully saturated rings. The van der Waals surface area contributed by atoms with Crippen molar-refractivity contribution in [2.45, 2.75) is 13.5 Å². The van der Waals surface area contributed by atoms with Gasteiger partial charge in [-0.15, -0.1) is 0 Å². The van der Waals surface area contributed by atoms with Gasteiger partial charge in [-0.25, -0.2) is 0 Å². The summed E-state index contributed by atoms with van der Waals surface area (Å²) in [5, 5.41) is 7.34.